The summed E-state index contributed by atoms with van der Waals surface area (Å²) in [6.45, 7) is 0.799. The van der Waals surface area contributed by atoms with Crippen LogP contribution in [0.3, 0.4) is 0 Å². The first-order valence-corrected chi connectivity index (χ1v) is 11.6. The number of aromatic amines is 1. The number of rotatable bonds is 6. The molecule has 0 bridgehead atoms. The number of nitrogens with one attached hydrogen (secondary N) is 1. The highest BCUT2D eigenvalue weighted by molar-refractivity contribution is 7.91. The third-order valence-electron chi connectivity index (χ3n) is 5.13. The molecule has 0 radical (unpaired) electrons. The molecule has 1 aromatic carbocycles. The fourth-order valence-electron chi connectivity index (χ4n) is 3.56. The minimum Gasteiger partial charge on any atom is -0.497 e. The largest absolute Gasteiger partial charge is 0.497 e. The fourth-order valence-corrected chi connectivity index (χ4v) is 6.49. The Morgan fingerprint density at radius 1 is 1.13 bits per heavy atom. The van der Waals surface area contributed by atoms with Crippen molar-refractivity contribution in [1.82, 2.24) is 14.5 Å². The average Bonchev–Trinajstić information content (AvgIpc) is 3.44. The van der Waals surface area contributed by atoms with Crippen LogP contribution >= 0.6 is 11.3 Å². The van der Waals surface area contributed by atoms with Crippen LogP contribution in [0.5, 0.6) is 11.5 Å². The van der Waals surface area contributed by atoms with E-state index < -0.39 is 10.0 Å². The highest BCUT2D eigenvalue weighted by atomic mass is 32.2. The molecule has 8 nitrogen and oxygen atoms in total. The monoisotopic (exact) mass is 447 g/mol. The summed E-state index contributed by atoms with van der Waals surface area (Å²) in [6.07, 6.45) is 0.697. The van der Waals surface area contributed by atoms with Crippen molar-refractivity contribution in [2.24, 2.45) is 0 Å². The van der Waals surface area contributed by atoms with Crippen LogP contribution < -0.4 is 15.0 Å². The Bertz CT molecular complexity index is 1200. The maximum Gasteiger partial charge on any atom is 0.264 e. The van der Waals surface area contributed by atoms with Gasteiger partial charge in [-0.2, -0.15) is 9.40 Å². The van der Waals surface area contributed by atoms with Gasteiger partial charge in [-0.05, 0) is 42.8 Å². The van der Waals surface area contributed by atoms with Gasteiger partial charge in [0.1, 0.15) is 21.4 Å². The van der Waals surface area contributed by atoms with Crippen molar-refractivity contribution in [3.05, 3.63) is 58.4 Å². The number of hydrogen-bond donors (Lipinski definition) is 1. The smallest absolute Gasteiger partial charge is 0.264 e. The molecule has 0 amide bonds. The summed E-state index contributed by atoms with van der Waals surface area (Å²) in [5.41, 5.74) is 1.17. The van der Waals surface area contributed by atoms with E-state index in [9.17, 15) is 13.2 Å². The van der Waals surface area contributed by atoms with E-state index in [2.05, 4.69) is 10.2 Å². The molecule has 1 fully saturated rings. The van der Waals surface area contributed by atoms with Gasteiger partial charge in [-0.15, -0.1) is 11.3 Å². The van der Waals surface area contributed by atoms with E-state index in [1.807, 2.05) is 18.2 Å². The van der Waals surface area contributed by atoms with Crippen LogP contribution in [-0.4, -0.2) is 50.2 Å². The molecule has 0 spiro atoms. The zero-order chi connectivity index (χ0) is 21.3. The summed E-state index contributed by atoms with van der Waals surface area (Å²) >= 11 is 1.14. The number of thiophene rings is 1. The van der Waals surface area contributed by atoms with Gasteiger partial charge in [-0.3, -0.25) is 4.79 Å². The van der Waals surface area contributed by atoms with Gasteiger partial charge in [0.15, 0.2) is 0 Å². The van der Waals surface area contributed by atoms with Crippen LogP contribution in [0.1, 0.15) is 17.9 Å². The lowest BCUT2D eigenvalue weighted by atomic mass is 9.97. The maximum absolute atomic E-state index is 13.2. The Balaban J connectivity index is 1.57. The second-order valence-corrected chi connectivity index (χ2v) is 10.1. The molecule has 1 atom stereocenters. The van der Waals surface area contributed by atoms with E-state index >= 15 is 0 Å². The topological polar surface area (TPSA) is 102 Å². The number of H-pyrrole nitrogens is 1. The first-order chi connectivity index (χ1) is 14.4. The van der Waals surface area contributed by atoms with Crippen molar-refractivity contribution in [2.75, 3.05) is 27.3 Å². The van der Waals surface area contributed by atoms with Gasteiger partial charge in [0.25, 0.3) is 15.6 Å². The number of nitrogens with zero attached hydrogens (tertiary/aromatic N) is 2. The predicted octanol–water partition coefficient (Wildman–Crippen LogP) is 2.69. The highest BCUT2D eigenvalue weighted by Gasteiger charge is 2.35. The number of aromatic nitrogens is 2. The van der Waals surface area contributed by atoms with Crippen molar-refractivity contribution in [1.29, 1.82) is 0 Å². The molecule has 158 valence electrons. The average molecular weight is 448 g/mol. The molecule has 0 saturated carbocycles. The summed E-state index contributed by atoms with van der Waals surface area (Å²) in [6, 6.07) is 11.8. The summed E-state index contributed by atoms with van der Waals surface area (Å²) in [5, 5.41) is 6.33. The van der Waals surface area contributed by atoms with E-state index in [1.54, 1.807) is 32.4 Å². The lowest BCUT2D eigenvalue weighted by Crippen LogP contribution is -2.28. The molecule has 1 N–H and O–H groups in total. The maximum atomic E-state index is 13.2. The first-order valence-electron chi connectivity index (χ1n) is 9.30. The Hall–Kier alpha value is -2.69. The third-order valence-corrected chi connectivity index (χ3v) is 8.58. The molecule has 30 heavy (non-hydrogen) atoms. The lowest BCUT2D eigenvalue weighted by molar-refractivity contribution is 0.394. The predicted molar refractivity (Wildman–Crippen MR) is 114 cm³/mol. The number of hydrogen-bond acceptors (Lipinski definition) is 7. The summed E-state index contributed by atoms with van der Waals surface area (Å²) < 4.78 is 38.9. The molecule has 3 heterocycles. The van der Waals surface area contributed by atoms with E-state index in [1.165, 1.54) is 10.4 Å². The fraction of sp³-hybridized carbons (Fsp3) is 0.300. The molecule has 1 aliphatic heterocycles. The van der Waals surface area contributed by atoms with E-state index in [-0.39, 0.29) is 15.7 Å². The Morgan fingerprint density at radius 3 is 2.67 bits per heavy atom. The minimum absolute atomic E-state index is 0.0186. The molecular formula is C20H21N3O5S2. The SMILES string of the molecule is COc1ccc(OC)c([C@@H]2CCN(S(=O)(=O)c3ccc(-c4ccc(=O)[nH]n4)s3)C2)c1. The Labute approximate surface area is 178 Å². The van der Waals surface area contributed by atoms with Gasteiger partial charge >= 0.3 is 0 Å². The van der Waals surface area contributed by atoms with E-state index in [0.717, 1.165) is 22.6 Å². The number of methoxy groups -OCH3 is 2. The number of benzene rings is 1. The van der Waals surface area contributed by atoms with Crippen LogP contribution in [0.15, 0.2) is 51.5 Å². The van der Waals surface area contributed by atoms with Gasteiger partial charge in [-0.25, -0.2) is 13.5 Å². The van der Waals surface area contributed by atoms with Crippen molar-refractivity contribution in [3.8, 4) is 22.1 Å². The molecule has 0 aliphatic carbocycles. The summed E-state index contributed by atoms with van der Waals surface area (Å²) in [7, 11) is -0.426. The molecule has 1 saturated heterocycles. The minimum atomic E-state index is -3.63. The van der Waals surface area contributed by atoms with Crippen molar-refractivity contribution in [2.45, 2.75) is 16.5 Å². The first kappa shape index (κ1) is 20.6. The Kier molecular flexibility index (Phi) is 5.63. The molecule has 2 aromatic heterocycles. The van der Waals surface area contributed by atoms with Crippen molar-refractivity contribution >= 4 is 21.4 Å². The molecule has 3 aromatic rings. The quantitative estimate of drug-likeness (QED) is 0.623. The van der Waals surface area contributed by atoms with Crippen LogP contribution in [0.2, 0.25) is 0 Å². The second-order valence-electron chi connectivity index (χ2n) is 6.88. The number of ether oxygens (including phenoxy) is 2. The van der Waals surface area contributed by atoms with Crippen LogP contribution in [0.25, 0.3) is 10.6 Å². The Morgan fingerprint density at radius 2 is 1.97 bits per heavy atom. The van der Waals surface area contributed by atoms with E-state index in [4.69, 9.17) is 9.47 Å². The van der Waals surface area contributed by atoms with Crippen LogP contribution in [-0.2, 0) is 10.0 Å². The van der Waals surface area contributed by atoms with Gasteiger partial charge in [0.2, 0.25) is 0 Å². The molecule has 0 unspecified atom stereocenters. The zero-order valence-corrected chi connectivity index (χ0v) is 18.1. The molecular weight excluding hydrogens is 426 g/mol. The number of sulfonamides is 1. The van der Waals surface area contributed by atoms with Crippen LogP contribution in [0, 0.1) is 0 Å². The zero-order valence-electron chi connectivity index (χ0n) is 16.5. The molecule has 1 aliphatic rings. The van der Waals surface area contributed by atoms with Gasteiger partial charge in [0.05, 0.1) is 19.1 Å². The summed E-state index contributed by atoms with van der Waals surface area (Å²) in [5.74, 6) is 1.45. The normalized spacial score (nSPS) is 17.2. The van der Waals surface area contributed by atoms with E-state index in [0.29, 0.717) is 35.8 Å². The molecule has 4 rings (SSSR count). The van der Waals surface area contributed by atoms with Gasteiger partial charge in [0, 0.05) is 30.6 Å². The third kappa shape index (κ3) is 3.85. The summed E-state index contributed by atoms with van der Waals surface area (Å²) in [4.78, 5) is 11.9. The molecule has 10 heteroatoms. The highest BCUT2D eigenvalue weighted by Crippen LogP contribution is 2.39. The van der Waals surface area contributed by atoms with Gasteiger partial charge in [-0.1, -0.05) is 0 Å². The van der Waals surface area contributed by atoms with Crippen molar-refractivity contribution < 1.29 is 17.9 Å². The standard InChI is InChI=1S/C20H21N3O5S2/c1-27-14-3-5-17(28-2)15(11-14)13-9-10-23(12-13)30(25,26)20-8-6-18(29-20)16-4-7-19(24)22-21-16/h3-8,11,13H,9-10,12H2,1-2H3,(H,22,24)/t13-/m1/s1. The second kappa shape index (κ2) is 8.21. The van der Waals surface area contributed by atoms with Crippen LogP contribution in [0.4, 0.5) is 0 Å². The lowest BCUT2D eigenvalue weighted by Gasteiger charge is -2.18. The van der Waals surface area contributed by atoms with Gasteiger partial charge < -0.3 is 9.47 Å². The van der Waals surface area contributed by atoms with Crippen molar-refractivity contribution in [3.63, 3.8) is 0 Å².